The standard InChI is InChI=1S/C22H22N2O5/c1-3-28-19-12-11-16(13-20(19)27-2)22(26)24-23-21(25)14-29-18-10-6-8-15-7-4-5-9-17(15)18/h4-13H,3,14H2,1-2H3,(H,23,25)(H,24,26). The molecule has 0 saturated heterocycles. The third kappa shape index (κ3) is 4.95. The van der Waals surface area contributed by atoms with E-state index in [0.717, 1.165) is 10.8 Å². The minimum absolute atomic E-state index is 0.235. The molecule has 0 aliphatic carbocycles. The van der Waals surface area contributed by atoms with E-state index >= 15 is 0 Å². The molecule has 0 aliphatic heterocycles. The maximum absolute atomic E-state index is 12.3. The highest BCUT2D eigenvalue weighted by Crippen LogP contribution is 2.28. The molecule has 3 aromatic rings. The second-order valence-corrected chi connectivity index (χ2v) is 6.07. The third-order valence-electron chi connectivity index (χ3n) is 4.15. The minimum Gasteiger partial charge on any atom is -0.493 e. The van der Waals surface area contributed by atoms with E-state index in [2.05, 4.69) is 10.9 Å². The molecule has 7 nitrogen and oxygen atoms in total. The summed E-state index contributed by atoms with van der Waals surface area (Å²) in [5, 5.41) is 1.93. The summed E-state index contributed by atoms with van der Waals surface area (Å²) in [6.07, 6.45) is 0. The van der Waals surface area contributed by atoms with Crippen LogP contribution in [0.15, 0.2) is 60.7 Å². The van der Waals surface area contributed by atoms with Crippen LogP contribution in [-0.4, -0.2) is 32.1 Å². The summed E-state index contributed by atoms with van der Waals surface area (Å²) in [5.74, 6) is 0.610. The van der Waals surface area contributed by atoms with Gasteiger partial charge in [-0.2, -0.15) is 0 Å². The molecule has 3 aromatic carbocycles. The van der Waals surface area contributed by atoms with Gasteiger partial charge in [-0.25, -0.2) is 0 Å². The smallest absolute Gasteiger partial charge is 0.276 e. The van der Waals surface area contributed by atoms with Gasteiger partial charge in [-0.05, 0) is 36.6 Å². The van der Waals surface area contributed by atoms with Gasteiger partial charge in [0.05, 0.1) is 13.7 Å². The average molecular weight is 394 g/mol. The predicted octanol–water partition coefficient (Wildman–Crippen LogP) is 3.09. The molecular weight excluding hydrogens is 372 g/mol. The molecule has 0 heterocycles. The van der Waals surface area contributed by atoms with Gasteiger partial charge < -0.3 is 14.2 Å². The van der Waals surface area contributed by atoms with Crippen LogP contribution in [0.3, 0.4) is 0 Å². The Kier molecular flexibility index (Phi) is 6.52. The van der Waals surface area contributed by atoms with Gasteiger partial charge in [0.15, 0.2) is 18.1 Å². The molecule has 0 aliphatic rings. The van der Waals surface area contributed by atoms with E-state index in [0.29, 0.717) is 29.4 Å². The van der Waals surface area contributed by atoms with E-state index in [1.807, 2.05) is 43.3 Å². The molecule has 2 N–H and O–H groups in total. The number of methoxy groups -OCH3 is 1. The van der Waals surface area contributed by atoms with E-state index in [1.54, 1.807) is 24.3 Å². The number of carbonyl (C=O) groups excluding carboxylic acids is 2. The minimum atomic E-state index is -0.482. The van der Waals surface area contributed by atoms with Crippen LogP contribution < -0.4 is 25.1 Å². The number of amides is 2. The summed E-state index contributed by atoms with van der Waals surface area (Å²) in [7, 11) is 1.49. The lowest BCUT2D eigenvalue weighted by atomic mass is 10.1. The highest BCUT2D eigenvalue weighted by molar-refractivity contribution is 5.96. The van der Waals surface area contributed by atoms with Crippen LogP contribution >= 0.6 is 0 Å². The first-order valence-electron chi connectivity index (χ1n) is 9.13. The molecule has 0 spiro atoms. The third-order valence-corrected chi connectivity index (χ3v) is 4.15. The zero-order valence-electron chi connectivity index (χ0n) is 16.2. The Morgan fingerprint density at radius 2 is 1.66 bits per heavy atom. The van der Waals surface area contributed by atoms with Crippen LogP contribution in [0.5, 0.6) is 17.2 Å². The number of nitrogens with one attached hydrogen (secondary N) is 2. The predicted molar refractivity (Wildman–Crippen MR) is 109 cm³/mol. The van der Waals surface area contributed by atoms with Crippen molar-refractivity contribution in [1.29, 1.82) is 0 Å². The van der Waals surface area contributed by atoms with Crippen molar-refractivity contribution < 1.29 is 23.8 Å². The first-order valence-corrected chi connectivity index (χ1v) is 9.13. The summed E-state index contributed by atoms with van der Waals surface area (Å²) in [6, 6.07) is 18.1. The molecule has 150 valence electrons. The number of ether oxygens (including phenoxy) is 3. The van der Waals surface area contributed by atoms with Crippen LogP contribution in [0.2, 0.25) is 0 Å². The van der Waals surface area contributed by atoms with Crippen molar-refractivity contribution >= 4 is 22.6 Å². The maximum Gasteiger partial charge on any atom is 0.276 e. The molecule has 7 heteroatoms. The molecule has 0 radical (unpaired) electrons. The Hall–Kier alpha value is -3.74. The van der Waals surface area contributed by atoms with E-state index < -0.39 is 11.8 Å². The molecule has 0 aromatic heterocycles. The second kappa shape index (κ2) is 9.45. The van der Waals surface area contributed by atoms with Crippen molar-refractivity contribution in [1.82, 2.24) is 10.9 Å². The zero-order chi connectivity index (χ0) is 20.6. The number of hydrazine groups is 1. The normalized spacial score (nSPS) is 10.3. The Labute approximate surface area is 168 Å². The summed E-state index contributed by atoms with van der Waals surface area (Å²) in [4.78, 5) is 24.3. The van der Waals surface area contributed by atoms with Crippen molar-refractivity contribution in [3.8, 4) is 17.2 Å². The molecule has 0 atom stereocenters. The molecule has 29 heavy (non-hydrogen) atoms. The molecule has 0 bridgehead atoms. The fraction of sp³-hybridized carbons (Fsp3) is 0.182. The molecule has 3 rings (SSSR count). The second-order valence-electron chi connectivity index (χ2n) is 6.07. The fourth-order valence-corrected chi connectivity index (χ4v) is 2.78. The van der Waals surface area contributed by atoms with Gasteiger partial charge in [0.2, 0.25) is 0 Å². The van der Waals surface area contributed by atoms with Gasteiger partial charge in [0.1, 0.15) is 5.75 Å². The first kappa shape index (κ1) is 20.0. The van der Waals surface area contributed by atoms with E-state index in [9.17, 15) is 9.59 Å². The Balaban J connectivity index is 1.55. The molecular formula is C22H22N2O5. The Bertz CT molecular complexity index is 1010. The topological polar surface area (TPSA) is 85.9 Å². The highest BCUT2D eigenvalue weighted by atomic mass is 16.5. The largest absolute Gasteiger partial charge is 0.493 e. The van der Waals surface area contributed by atoms with Gasteiger partial charge in [0, 0.05) is 10.9 Å². The van der Waals surface area contributed by atoms with Crippen LogP contribution in [-0.2, 0) is 4.79 Å². The van der Waals surface area contributed by atoms with Crippen LogP contribution in [0.1, 0.15) is 17.3 Å². The first-order chi connectivity index (χ1) is 14.1. The SMILES string of the molecule is CCOc1ccc(C(=O)NNC(=O)COc2cccc3ccccc23)cc1OC. The summed E-state index contributed by atoms with van der Waals surface area (Å²) in [5.41, 5.74) is 5.02. The summed E-state index contributed by atoms with van der Waals surface area (Å²) in [6.45, 7) is 2.10. The van der Waals surface area contributed by atoms with Gasteiger partial charge >= 0.3 is 0 Å². The Morgan fingerprint density at radius 3 is 2.45 bits per heavy atom. The van der Waals surface area contributed by atoms with Gasteiger partial charge in [-0.15, -0.1) is 0 Å². The number of hydrogen-bond acceptors (Lipinski definition) is 5. The van der Waals surface area contributed by atoms with E-state index in [-0.39, 0.29) is 6.61 Å². The van der Waals surface area contributed by atoms with Gasteiger partial charge in [-0.3, -0.25) is 20.4 Å². The summed E-state index contributed by atoms with van der Waals surface area (Å²) >= 11 is 0. The Morgan fingerprint density at radius 1 is 0.862 bits per heavy atom. The van der Waals surface area contributed by atoms with Gasteiger partial charge in [-0.1, -0.05) is 36.4 Å². The monoisotopic (exact) mass is 394 g/mol. The van der Waals surface area contributed by atoms with Crippen LogP contribution in [0, 0.1) is 0 Å². The number of carbonyl (C=O) groups is 2. The molecule has 2 amide bonds. The quantitative estimate of drug-likeness (QED) is 0.602. The highest BCUT2D eigenvalue weighted by Gasteiger charge is 2.12. The lowest BCUT2D eigenvalue weighted by molar-refractivity contribution is -0.123. The average Bonchev–Trinajstić information content (AvgIpc) is 2.76. The zero-order valence-corrected chi connectivity index (χ0v) is 16.2. The van der Waals surface area contributed by atoms with Gasteiger partial charge in [0.25, 0.3) is 11.8 Å². The maximum atomic E-state index is 12.3. The molecule has 0 saturated carbocycles. The van der Waals surface area contributed by atoms with Crippen molar-refractivity contribution in [3.63, 3.8) is 0 Å². The van der Waals surface area contributed by atoms with Crippen molar-refractivity contribution in [3.05, 3.63) is 66.2 Å². The molecule has 0 fully saturated rings. The number of rotatable bonds is 7. The fourth-order valence-electron chi connectivity index (χ4n) is 2.78. The number of benzene rings is 3. The van der Waals surface area contributed by atoms with Crippen LogP contribution in [0.4, 0.5) is 0 Å². The number of fused-ring (bicyclic) bond motifs is 1. The van der Waals surface area contributed by atoms with Crippen LogP contribution in [0.25, 0.3) is 10.8 Å². The lowest BCUT2D eigenvalue weighted by Gasteiger charge is -2.12. The van der Waals surface area contributed by atoms with Crippen molar-refractivity contribution in [2.75, 3.05) is 20.3 Å². The van der Waals surface area contributed by atoms with E-state index in [4.69, 9.17) is 14.2 Å². The number of hydrogen-bond donors (Lipinski definition) is 2. The summed E-state index contributed by atoms with van der Waals surface area (Å²) < 4.78 is 16.2. The van der Waals surface area contributed by atoms with E-state index in [1.165, 1.54) is 7.11 Å². The lowest BCUT2D eigenvalue weighted by Crippen LogP contribution is -2.43. The molecule has 0 unspecified atom stereocenters. The van der Waals surface area contributed by atoms with Crippen molar-refractivity contribution in [2.45, 2.75) is 6.92 Å². The van der Waals surface area contributed by atoms with Crippen molar-refractivity contribution in [2.24, 2.45) is 0 Å².